The minimum Gasteiger partial charge on any atom is -0.352 e. The molecule has 0 fully saturated rings. The number of aryl methyl sites for hydroxylation is 1. The lowest BCUT2D eigenvalue weighted by molar-refractivity contribution is -0.141. The highest BCUT2D eigenvalue weighted by Gasteiger charge is 2.33. The first kappa shape index (κ1) is 16.9. The number of carbonyl (C=O) groups excluding carboxylic acids is 1. The minimum atomic E-state index is -4.53. The van der Waals surface area contributed by atoms with Gasteiger partial charge >= 0.3 is 6.18 Å². The Balaban J connectivity index is 1.65. The lowest BCUT2D eigenvalue weighted by atomic mass is 10.1. The topological polar surface area (TPSA) is 72.2 Å². The number of hydrogen-bond donors (Lipinski definition) is 1. The van der Waals surface area contributed by atoms with Crippen molar-refractivity contribution in [3.8, 4) is 0 Å². The largest absolute Gasteiger partial charge is 0.433 e. The molecular weight excluding hydrogens is 335 g/mol. The molecule has 1 N–H and O–H groups in total. The van der Waals surface area contributed by atoms with Crippen molar-refractivity contribution in [2.24, 2.45) is 0 Å². The highest BCUT2D eigenvalue weighted by atomic mass is 19.4. The van der Waals surface area contributed by atoms with Gasteiger partial charge in [-0.25, -0.2) is 4.98 Å². The summed E-state index contributed by atoms with van der Waals surface area (Å²) < 4.78 is 39.6. The number of nitrogens with zero attached hydrogens (tertiary/aromatic N) is 4. The van der Waals surface area contributed by atoms with Gasteiger partial charge < -0.3 is 5.32 Å². The van der Waals surface area contributed by atoms with Crippen LogP contribution in [0.3, 0.4) is 0 Å². The van der Waals surface area contributed by atoms with Crippen molar-refractivity contribution < 1.29 is 18.0 Å². The fourth-order valence-corrected chi connectivity index (χ4v) is 2.40. The van der Waals surface area contributed by atoms with Crippen molar-refractivity contribution in [3.63, 3.8) is 0 Å². The number of carbonyl (C=O) groups is 1. The van der Waals surface area contributed by atoms with E-state index in [2.05, 4.69) is 20.5 Å². The van der Waals surface area contributed by atoms with Crippen molar-refractivity contribution >= 4 is 11.6 Å². The number of rotatable bonds is 4. The smallest absolute Gasteiger partial charge is 0.352 e. The van der Waals surface area contributed by atoms with Crippen LogP contribution in [0.2, 0.25) is 0 Å². The minimum absolute atomic E-state index is 0.0280. The van der Waals surface area contributed by atoms with Crippen molar-refractivity contribution in [1.29, 1.82) is 0 Å². The lowest BCUT2D eigenvalue weighted by Gasteiger charge is -2.10. The molecule has 0 unspecified atom stereocenters. The fourth-order valence-electron chi connectivity index (χ4n) is 2.40. The summed E-state index contributed by atoms with van der Waals surface area (Å²) in [7, 11) is 0. The molecule has 6 nitrogen and oxygen atoms in total. The van der Waals surface area contributed by atoms with Gasteiger partial charge in [-0.15, -0.1) is 10.2 Å². The Labute approximate surface area is 140 Å². The molecule has 0 aliphatic heterocycles. The predicted molar refractivity (Wildman–Crippen MR) is 83.0 cm³/mol. The van der Waals surface area contributed by atoms with Crippen LogP contribution in [0, 0.1) is 6.92 Å². The normalized spacial score (nSPS) is 11.7. The van der Waals surface area contributed by atoms with Crippen molar-refractivity contribution in [2.45, 2.75) is 19.5 Å². The molecule has 0 radical (unpaired) electrons. The highest BCUT2D eigenvalue weighted by Crippen LogP contribution is 2.28. The molecule has 1 amide bonds. The fraction of sp³-hybridized carbons (Fsp3) is 0.250. The number of aromatic nitrogens is 4. The Morgan fingerprint density at radius 2 is 2.00 bits per heavy atom. The number of amides is 1. The van der Waals surface area contributed by atoms with Gasteiger partial charge in [0.15, 0.2) is 5.65 Å². The van der Waals surface area contributed by atoms with Crippen LogP contribution in [-0.4, -0.2) is 32.0 Å². The van der Waals surface area contributed by atoms with E-state index < -0.39 is 17.8 Å². The van der Waals surface area contributed by atoms with Gasteiger partial charge in [0.05, 0.1) is 11.3 Å². The zero-order chi connectivity index (χ0) is 18.0. The van der Waals surface area contributed by atoms with Gasteiger partial charge in [0.25, 0.3) is 5.91 Å². The molecule has 130 valence electrons. The third-order valence-electron chi connectivity index (χ3n) is 3.64. The van der Waals surface area contributed by atoms with Crippen molar-refractivity contribution in [3.05, 3.63) is 59.3 Å². The first-order chi connectivity index (χ1) is 11.9. The molecule has 3 heterocycles. The number of nitrogens with one attached hydrogen (secondary N) is 1. The van der Waals surface area contributed by atoms with Crippen LogP contribution >= 0.6 is 0 Å². The van der Waals surface area contributed by atoms with E-state index in [4.69, 9.17) is 0 Å². The quantitative estimate of drug-likeness (QED) is 0.785. The van der Waals surface area contributed by atoms with E-state index in [1.807, 2.05) is 24.4 Å². The molecule has 3 aromatic heterocycles. The number of alkyl halides is 3. The molecule has 0 spiro atoms. The Hall–Kier alpha value is -2.97. The summed E-state index contributed by atoms with van der Waals surface area (Å²) in [6, 6.07) is 7.43. The summed E-state index contributed by atoms with van der Waals surface area (Å²) in [4.78, 5) is 15.6. The maximum Gasteiger partial charge on any atom is 0.433 e. The Kier molecular flexibility index (Phi) is 4.39. The summed E-state index contributed by atoms with van der Waals surface area (Å²) in [5, 5.41) is 10.7. The Morgan fingerprint density at radius 1 is 1.20 bits per heavy atom. The summed E-state index contributed by atoms with van der Waals surface area (Å²) >= 11 is 0. The number of fused-ring (bicyclic) bond motifs is 1. The van der Waals surface area contributed by atoms with E-state index in [0.717, 1.165) is 12.1 Å². The molecule has 25 heavy (non-hydrogen) atoms. The Bertz CT molecular complexity index is 920. The summed E-state index contributed by atoms with van der Waals surface area (Å²) in [6.07, 6.45) is -2.28. The van der Waals surface area contributed by atoms with Crippen LogP contribution in [0.1, 0.15) is 27.6 Å². The number of pyridine rings is 2. The van der Waals surface area contributed by atoms with E-state index in [9.17, 15) is 18.0 Å². The molecule has 0 aliphatic carbocycles. The van der Waals surface area contributed by atoms with Gasteiger partial charge in [0.1, 0.15) is 11.5 Å². The van der Waals surface area contributed by atoms with E-state index in [0.29, 0.717) is 17.9 Å². The van der Waals surface area contributed by atoms with Crippen LogP contribution < -0.4 is 5.32 Å². The molecule has 0 aliphatic rings. The molecule has 0 bridgehead atoms. The van der Waals surface area contributed by atoms with Crippen molar-refractivity contribution in [1.82, 2.24) is 24.9 Å². The van der Waals surface area contributed by atoms with Crippen LogP contribution in [0.5, 0.6) is 0 Å². The maximum atomic E-state index is 12.6. The highest BCUT2D eigenvalue weighted by molar-refractivity contribution is 5.95. The second-order valence-electron chi connectivity index (χ2n) is 5.38. The van der Waals surface area contributed by atoms with Gasteiger partial charge in [0, 0.05) is 19.2 Å². The molecule has 0 aromatic carbocycles. The number of hydrogen-bond acceptors (Lipinski definition) is 4. The standard InChI is InChI=1S/C16H14F3N5O/c1-10-11(5-6-12(21-10)16(17,18)19)15(25)20-8-7-14-23-22-13-4-2-3-9-24(13)14/h2-6,9H,7-8H2,1H3,(H,20,25). The summed E-state index contributed by atoms with van der Waals surface area (Å²) in [5.74, 6) is 0.200. The monoisotopic (exact) mass is 349 g/mol. The first-order valence-electron chi connectivity index (χ1n) is 7.48. The van der Waals surface area contributed by atoms with E-state index >= 15 is 0 Å². The van der Waals surface area contributed by atoms with Crippen LogP contribution in [-0.2, 0) is 12.6 Å². The molecule has 0 saturated heterocycles. The second-order valence-corrected chi connectivity index (χ2v) is 5.38. The summed E-state index contributed by atoms with van der Waals surface area (Å²) in [5.41, 5.74) is -0.178. The van der Waals surface area contributed by atoms with Crippen molar-refractivity contribution in [2.75, 3.05) is 6.54 Å². The zero-order valence-electron chi connectivity index (χ0n) is 13.2. The third-order valence-corrected chi connectivity index (χ3v) is 3.64. The van der Waals surface area contributed by atoms with Gasteiger partial charge in [0.2, 0.25) is 0 Å². The lowest BCUT2D eigenvalue weighted by Crippen LogP contribution is -2.27. The second kappa shape index (κ2) is 6.50. The van der Waals surface area contributed by atoms with Gasteiger partial charge in [-0.1, -0.05) is 6.07 Å². The first-order valence-corrected chi connectivity index (χ1v) is 7.48. The molecule has 0 atom stereocenters. The third kappa shape index (κ3) is 3.59. The Morgan fingerprint density at radius 3 is 2.72 bits per heavy atom. The average Bonchev–Trinajstić information content (AvgIpc) is 2.97. The number of halogens is 3. The van der Waals surface area contributed by atoms with Gasteiger partial charge in [-0.05, 0) is 31.2 Å². The van der Waals surface area contributed by atoms with Crippen LogP contribution in [0.25, 0.3) is 5.65 Å². The predicted octanol–water partition coefficient (Wildman–Crippen LogP) is 2.42. The average molecular weight is 349 g/mol. The van der Waals surface area contributed by atoms with E-state index in [1.54, 1.807) is 4.40 Å². The van der Waals surface area contributed by atoms with Crippen LogP contribution in [0.15, 0.2) is 36.5 Å². The molecule has 9 heteroatoms. The zero-order valence-corrected chi connectivity index (χ0v) is 13.2. The maximum absolute atomic E-state index is 12.6. The molecule has 0 saturated carbocycles. The molecular formula is C16H14F3N5O. The van der Waals surface area contributed by atoms with Crippen LogP contribution in [0.4, 0.5) is 13.2 Å². The van der Waals surface area contributed by atoms with Gasteiger partial charge in [-0.2, -0.15) is 13.2 Å². The van der Waals surface area contributed by atoms with Gasteiger partial charge in [-0.3, -0.25) is 9.20 Å². The molecule has 3 aromatic rings. The summed E-state index contributed by atoms with van der Waals surface area (Å²) in [6.45, 7) is 1.64. The SMILES string of the molecule is Cc1nc(C(F)(F)F)ccc1C(=O)NCCc1nnc2ccccn12. The van der Waals surface area contributed by atoms with E-state index in [1.165, 1.54) is 6.92 Å². The van der Waals surface area contributed by atoms with E-state index in [-0.39, 0.29) is 17.8 Å². The molecule has 3 rings (SSSR count).